The molecule has 0 aliphatic heterocycles. The van der Waals surface area contributed by atoms with Crippen molar-refractivity contribution in [2.45, 2.75) is 26.2 Å². The van der Waals surface area contributed by atoms with Crippen molar-refractivity contribution in [3.8, 4) is 0 Å². The van der Waals surface area contributed by atoms with E-state index >= 15 is 0 Å². The van der Waals surface area contributed by atoms with Gasteiger partial charge in [0.2, 0.25) is 6.69 Å². The standard InChI is InChI=1S/C2H6Cl2Si.C2H7ClSi/c1-5(2,3)4;1-4(2)3/h1-2H3;4H,1-2H3. The zero-order valence-electron chi connectivity index (χ0n) is 6.21. The van der Waals surface area contributed by atoms with Crippen LogP contribution in [0.15, 0.2) is 0 Å². The minimum Gasteiger partial charge on any atom is -0.172 e. The zero-order chi connectivity index (χ0) is 8.08. The second kappa shape index (κ2) is 6.04. The van der Waals surface area contributed by atoms with E-state index in [9.17, 15) is 0 Å². The lowest BCUT2D eigenvalue weighted by atomic mass is 11.9. The van der Waals surface area contributed by atoms with Gasteiger partial charge >= 0.3 is 0 Å². The van der Waals surface area contributed by atoms with Crippen molar-refractivity contribution >= 4 is 48.0 Å². The van der Waals surface area contributed by atoms with E-state index < -0.39 is 14.8 Å². The normalized spacial score (nSPS) is 10.7. The van der Waals surface area contributed by atoms with E-state index in [4.69, 9.17) is 33.2 Å². The topological polar surface area (TPSA) is 0 Å². The van der Waals surface area contributed by atoms with Gasteiger partial charge in [-0.15, -0.1) is 22.2 Å². The molecule has 0 nitrogen and oxygen atoms in total. The summed E-state index contributed by atoms with van der Waals surface area (Å²) in [7, 11) is -0.667. The molecule has 9 heavy (non-hydrogen) atoms. The summed E-state index contributed by atoms with van der Waals surface area (Å²) >= 11 is 16.3. The van der Waals surface area contributed by atoms with Crippen LogP contribution in [0.5, 0.6) is 0 Å². The lowest BCUT2D eigenvalue weighted by molar-refractivity contribution is 2.06. The highest BCUT2D eigenvalue weighted by atomic mass is 35.7. The summed E-state index contributed by atoms with van der Waals surface area (Å²) in [4.78, 5) is 0. The van der Waals surface area contributed by atoms with E-state index in [1.165, 1.54) is 0 Å². The molecular weight excluding hydrogens is 211 g/mol. The Morgan fingerprint density at radius 3 is 1.11 bits per heavy atom. The molecule has 0 spiro atoms. The third-order valence-electron chi connectivity index (χ3n) is 0. The minimum absolute atomic E-state index is 0.667. The van der Waals surface area contributed by atoms with Crippen molar-refractivity contribution in [1.82, 2.24) is 0 Å². The smallest absolute Gasteiger partial charge is 0.172 e. The van der Waals surface area contributed by atoms with Crippen LogP contribution in [0.1, 0.15) is 0 Å². The molecule has 0 unspecified atom stereocenters. The molecule has 0 amide bonds. The molecule has 0 aromatic rings. The Morgan fingerprint density at radius 1 is 1.11 bits per heavy atom. The van der Waals surface area contributed by atoms with Crippen LogP contribution in [0, 0.1) is 0 Å². The molecular formula is C4H13Cl3Si2. The average molecular weight is 224 g/mol. The predicted molar refractivity (Wildman–Crippen MR) is 53.9 cm³/mol. The van der Waals surface area contributed by atoms with Gasteiger partial charge in [0.15, 0.2) is 0 Å². The number of hydrogen-bond donors (Lipinski definition) is 0. The number of halogens is 3. The summed E-state index contributed by atoms with van der Waals surface area (Å²) in [5.41, 5.74) is 0. The Hall–Kier alpha value is 1.30. The van der Waals surface area contributed by atoms with Crippen LogP contribution in [0.4, 0.5) is 0 Å². The molecule has 0 heterocycles. The maximum atomic E-state index is 5.43. The van der Waals surface area contributed by atoms with E-state index in [1.807, 2.05) is 13.1 Å². The summed E-state index contributed by atoms with van der Waals surface area (Å²) in [6, 6.07) is 0. The summed E-state index contributed by atoms with van der Waals surface area (Å²) < 4.78 is 0. The Kier molecular flexibility index (Phi) is 8.68. The van der Waals surface area contributed by atoms with Gasteiger partial charge in [0.05, 0.1) is 0 Å². The lowest BCUT2D eigenvalue weighted by Crippen LogP contribution is -2.02. The van der Waals surface area contributed by atoms with Crippen molar-refractivity contribution in [2.24, 2.45) is 0 Å². The van der Waals surface area contributed by atoms with Gasteiger partial charge in [-0.1, -0.05) is 13.1 Å². The molecule has 0 aromatic carbocycles. The summed E-state index contributed by atoms with van der Waals surface area (Å²) in [5, 5.41) is 0. The summed E-state index contributed by atoms with van der Waals surface area (Å²) in [6.45, 7) is 6.19. The molecule has 5 heteroatoms. The van der Waals surface area contributed by atoms with E-state index in [0.29, 0.717) is 0 Å². The second-order valence-corrected chi connectivity index (χ2v) is 15.9. The van der Waals surface area contributed by atoms with Crippen LogP contribution in [0.2, 0.25) is 26.2 Å². The first-order chi connectivity index (χ1) is 3.73. The van der Waals surface area contributed by atoms with Gasteiger partial charge in [0, 0.05) is 0 Å². The van der Waals surface area contributed by atoms with Crippen molar-refractivity contribution in [2.75, 3.05) is 0 Å². The molecule has 0 aliphatic carbocycles. The van der Waals surface area contributed by atoms with E-state index in [1.54, 1.807) is 0 Å². The number of hydrogen-bond acceptors (Lipinski definition) is 0. The number of rotatable bonds is 0. The maximum absolute atomic E-state index is 5.43. The van der Waals surface area contributed by atoms with E-state index in [2.05, 4.69) is 13.1 Å². The molecule has 0 N–H and O–H groups in total. The fourth-order valence-electron chi connectivity index (χ4n) is 0. The molecule has 0 fully saturated rings. The molecule has 0 rings (SSSR count). The molecule has 0 saturated carbocycles. The largest absolute Gasteiger partial charge is 0.245 e. The van der Waals surface area contributed by atoms with Gasteiger partial charge in [0.25, 0.3) is 0 Å². The Morgan fingerprint density at radius 2 is 1.11 bits per heavy atom. The van der Waals surface area contributed by atoms with Crippen molar-refractivity contribution in [3.63, 3.8) is 0 Å². The fourth-order valence-corrected chi connectivity index (χ4v) is 0. The first kappa shape index (κ1) is 12.9. The van der Waals surface area contributed by atoms with Crippen molar-refractivity contribution < 1.29 is 0 Å². The Labute approximate surface area is 74.2 Å². The quantitative estimate of drug-likeness (QED) is 0.436. The SMILES string of the molecule is C[SiH](C)Cl.C[Si](C)(Cl)Cl. The van der Waals surface area contributed by atoms with Crippen LogP contribution < -0.4 is 0 Å². The first-order valence-corrected chi connectivity index (χ1v) is 11.8. The van der Waals surface area contributed by atoms with Gasteiger partial charge in [-0.25, -0.2) is 0 Å². The van der Waals surface area contributed by atoms with Crippen molar-refractivity contribution in [1.29, 1.82) is 0 Å². The molecule has 58 valence electrons. The summed E-state index contributed by atoms with van der Waals surface area (Å²) in [5.74, 6) is 0. The van der Waals surface area contributed by atoms with Gasteiger partial charge in [0.1, 0.15) is 8.11 Å². The molecule has 0 aliphatic rings. The Balaban J connectivity index is 0. The van der Waals surface area contributed by atoms with Crippen molar-refractivity contribution in [3.05, 3.63) is 0 Å². The van der Waals surface area contributed by atoms with Crippen LogP contribution in [0.3, 0.4) is 0 Å². The van der Waals surface area contributed by atoms with Crippen LogP contribution in [-0.2, 0) is 0 Å². The van der Waals surface area contributed by atoms with Crippen LogP contribution >= 0.6 is 33.2 Å². The van der Waals surface area contributed by atoms with E-state index in [0.717, 1.165) is 0 Å². The van der Waals surface area contributed by atoms with Crippen LogP contribution in [-0.4, -0.2) is 14.8 Å². The molecule has 0 atom stereocenters. The highest BCUT2D eigenvalue weighted by molar-refractivity contribution is 7.44. The monoisotopic (exact) mass is 222 g/mol. The Bertz CT molecular complexity index is 50.6. The lowest BCUT2D eigenvalue weighted by Gasteiger charge is -1.93. The van der Waals surface area contributed by atoms with Gasteiger partial charge in [-0.3, -0.25) is 0 Å². The molecule has 0 saturated heterocycles. The van der Waals surface area contributed by atoms with Gasteiger partial charge < -0.3 is 0 Å². The highest BCUT2D eigenvalue weighted by Crippen LogP contribution is 2.10. The van der Waals surface area contributed by atoms with Gasteiger partial charge in [-0.2, -0.15) is 11.1 Å². The molecule has 0 aromatic heterocycles. The fraction of sp³-hybridized carbons (Fsp3) is 1.00. The van der Waals surface area contributed by atoms with E-state index in [-0.39, 0.29) is 0 Å². The zero-order valence-corrected chi connectivity index (χ0v) is 10.6. The third-order valence-corrected chi connectivity index (χ3v) is 0. The third kappa shape index (κ3) is 292. The second-order valence-electron chi connectivity index (χ2n) is 2.34. The molecule has 0 bridgehead atoms. The average Bonchev–Trinajstić information content (AvgIpc) is 1.19. The highest BCUT2D eigenvalue weighted by Gasteiger charge is 2.08. The predicted octanol–water partition coefficient (Wildman–Crippen LogP) is 3.37. The maximum Gasteiger partial charge on any atom is 0.245 e. The van der Waals surface area contributed by atoms with Gasteiger partial charge in [-0.05, 0) is 13.1 Å². The summed E-state index contributed by atoms with van der Waals surface area (Å²) in [6.07, 6.45) is 0. The molecule has 0 radical (unpaired) electrons. The minimum atomic E-state index is -1.67. The first-order valence-electron chi connectivity index (χ1n) is 2.75. The van der Waals surface area contributed by atoms with Crippen LogP contribution in [0.25, 0.3) is 0 Å².